The number of hydrogen-bond acceptors (Lipinski definition) is 3. The molecule has 0 aliphatic rings. The van der Waals surface area contributed by atoms with Crippen LogP contribution in [0.25, 0.3) is 0 Å². The number of carbonyl (C=O) groups is 1. The Kier molecular flexibility index (Phi) is 4.64. The van der Waals surface area contributed by atoms with E-state index >= 15 is 0 Å². The normalized spacial score (nSPS) is 10.0. The van der Waals surface area contributed by atoms with Gasteiger partial charge in [-0.1, -0.05) is 0 Å². The summed E-state index contributed by atoms with van der Waals surface area (Å²) >= 11 is 0. The quantitative estimate of drug-likeness (QED) is 0.698. The summed E-state index contributed by atoms with van der Waals surface area (Å²) < 4.78 is 5.28. The number of pyridine rings is 1. The van der Waals surface area contributed by atoms with Crippen LogP contribution in [0.3, 0.4) is 0 Å². The van der Waals surface area contributed by atoms with Crippen molar-refractivity contribution in [2.24, 2.45) is 0 Å². The van der Waals surface area contributed by atoms with Gasteiger partial charge in [-0.2, -0.15) is 0 Å². The van der Waals surface area contributed by atoms with Gasteiger partial charge in [0.1, 0.15) is 0 Å². The van der Waals surface area contributed by atoms with Gasteiger partial charge in [0.05, 0.1) is 6.61 Å². The fraction of sp³-hybridized carbons (Fsp3) is 0.400. The minimum Gasteiger partial charge on any atom is -0.481 e. The predicted octanol–water partition coefficient (Wildman–Crippen LogP) is 1.46. The lowest BCUT2D eigenvalue weighted by molar-refractivity contribution is -0.137. The van der Waals surface area contributed by atoms with Gasteiger partial charge in [-0.3, -0.25) is 9.78 Å². The zero-order valence-electron chi connectivity index (χ0n) is 7.85. The highest BCUT2D eigenvalue weighted by Crippen LogP contribution is 1.99. The van der Waals surface area contributed by atoms with Crippen molar-refractivity contribution in [3.63, 3.8) is 0 Å². The molecule has 0 unspecified atom stereocenters. The van der Waals surface area contributed by atoms with Crippen molar-refractivity contribution in [3.05, 3.63) is 30.1 Å². The number of hydrogen-bond donors (Lipinski definition) is 1. The van der Waals surface area contributed by atoms with E-state index in [0.717, 1.165) is 5.56 Å². The van der Waals surface area contributed by atoms with E-state index in [4.69, 9.17) is 9.84 Å². The van der Waals surface area contributed by atoms with Crippen LogP contribution in [0.4, 0.5) is 0 Å². The summed E-state index contributed by atoms with van der Waals surface area (Å²) in [5.41, 5.74) is 1.05. The Labute approximate surface area is 82.5 Å². The van der Waals surface area contributed by atoms with E-state index in [1.807, 2.05) is 12.1 Å². The molecule has 14 heavy (non-hydrogen) atoms. The van der Waals surface area contributed by atoms with Gasteiger partial charge in [0, 0.05) is 25.4 Å². The summed E-state index contributed by atoms with van der Waals surface area (Å²) in [5, 5.41) is 8.37. The number of ether oxygens (including phenoxy) is 1. The molecule has 1 N–H and O–H groups in total. The van der Waals surface area contributed by atoms with Crippen molar-refractivity contribution in [2.75, 3.05) is 6.61 Å². The lowest BCUT2D eigenvalue weighted by Crippen LogP contribution is -2.00. The molecule has 0 bridgehead atoms. The van der Waals surface area contributed by atoms with E-state index in [-0.39, 0.29) is 6.42 Å². The zero-order chi connectivity index (χ0) is 10.2. The Morgan fingerprint density at radius 2 is 2.14 bits per heavy atom. The Bertz CT molecular complexity index is 274. The van der Waals surface area contributed by atoms with Gasteiger partial charge in [-0.15, -0.1) is 0 Å². The molecule has 0 aliphatic carbocycles. The van der Waals surface area contributed by atoms with Gasteiger partial charge < -0.3 is 9.84 Å². The third-order valence-corrected chi connectivity index (χ3v) is 1.70. The maximum Gasteiger partial charge on any atom is 0.303 e. The molecule has 1 rings (SSSR count). The maximum atomic E-state index is 10.2. The van der Waals surface area contributed by atoms with Crippen molar-refractivity contribution in [1.29, 1.82) is 0 Å². The van der Waals surface area contributed by atoms with Gasteiger partial charge in [0.2, 0.25) is 0 Å². The highest BCUT2D eigenvalue weighted by atomic mass is 16.5. The summed E-state index contributed by atoms with van der Waals surface area (Å²) in [5.74, 6) is -0.780. The molecule has 0 aromatic carbocycles. The Morgan fingerprint density at radius 3 is 2.79 bits per heavy atom. The average Bonchev–Trinajstić information content (AvgIpc) is 2.18. The first-order chi connectivity index (χ1) is 6.79. The summed E-state index contributed by atoms with van der Waals surface area (Å²) in [6.07, 6.45) is 4.13. The number of aliphatic carboxylic acids is 1. The molecule has 0 aliphatic heterocycles. The largest absolute Gasteiger partial charge is 0.481 e. The molecule has 0 amide bonds. The zero-order valence-corrected chi connectivity index (χ0v) is 7.85. The van der Waals surface area contributed by atoms with E-state index in [1.54, 1.807) is 12.4 Å². The van der Waals surface area contributed by atoms with E-state index in [0.29, 0.717) is 19.6 Å². The van der Waals surface area contributed by atoms with Crippen molar-refractivity contribution in [3.8, 4) is 0 Å². The molecule has 0 saturated carbocycles. The average molecular weight is 195 g/mol. The summed E-state index contributed by atoms with van der Waals surface area (Å²) in [4.78, 5) is 14.0. The second kappa shape index (κ2) is 6.10. The van der Waals surface area contributed by atoms with Crippen LogP contribution in [0.2, 0.25) is 0 Å². The van der Waals surface area contributed by atoms with Crippen LogP contribution in [-0.2, 0) is 16.1 Å². The third-order valence-electron chi connectivity index (χ3n) is 1.70. The molecule has 76 valence electrons. The van der Waals surface area contributed by atoms with Gasteiger partial charge in [-0.25, -0.2) is 0 Å². The number of carboxylic acid groups (broad SMARTS) is 1. The van der Waals surface area contributed by atoms with Crippen molar-refractivity contribution >= 4 is 5.97 Å². The Balaban J connectivity index is 2.08. The maximum absolute atomic E-state index is 10.2. The molecule has 4 heteroatoms. The number of aromatic nitrogens is 1. The second-order valence-corrected chi connectivity index (χ2v) is 2.91. The van der Waals surface area contributed by atoms with Gasteiger partial charge >= 0.3 is 5.97 Å². The molecule has 0 spiro atoms. The van der Waals surface area contributed by atoms with Crippen LogP contribution in [0.1, 0.15) is 18.4 Å². The lowest BCUT2D eigenvalue weighted by Gasteiger charge is -2.02. The fourth-order valence-corrected chi connectivity index (χ4v) is 0.994. The SMILES string of the molecule is O=C(O)CCCOCc1ccncc1. The van der Waals surface area contributed by atoms with Crippen LogP contribution in [0.15, 0.2) is 24.5 Å². The topological polar surface area (TPSA) is 59.4 Å². The minimum atomic E-state index is -0.780. The molecule has 0 saturated heterocycles. The number of carboxylic acids is 1. The van der Waals surface area contributed by atoms with Crippen LogP contribution in [0.5, 0.6) is 0 Å². The summed E-state index contributed by atoms with van der Waals surface area (Å²) in [7, 11) is 0. The fourth-order valence-electron chi connectivity index (χ4n) is 0.994. The van der Waals surface area contributed by atoms with Crippen molar-refractivity contribution in [2.45, 2.75) is 19.4 Å². The van der Waals surface area contributed by atoms with Crippen LogP contribution in [0, 0.1) is 0 Å². The third kappa shape index (κ3) is 4.57. The standard InChI is InChI=1S/C10H13NO3/c12-10(13)2-1-7-14-8-9-3-5-11-6-4-9/h3-6H,1-2,7-8H2,(H,12,13). The van der Waals surface area contributed by atoms with Crippen LogP contribution < -0.4 is 0 Å². The van der Waals surface area contributed by atoms with E-state index in [9.17, 15) is 4.79 Å². The monoisotopic (exact) mass is 195 g/mol. The number of rotatable bonds is 6. The lowest BCUT2D eigenvalue weighted by atomic mass is 10.3. The first-order valence-corrected chi connectivity index (χ1v) is 4.47. The highest BCUT2D eigenvalue weighted by molar-refractivity contribution is 5.66. The second-order valence-electron chi connectivity index (χ2n) is 2.91. The molecule has 0 radical (unpaired) electrons. The van der Waals surface area contributed by atoms with Crippen molar-refractivity contribution < 1.29 is 14.6 Å². The highest BCUT2D eigenvalue weighted by Gasteiger charge is 1.96. The van der Waals surface area contributed by atoms with Gasteiger partial charge in [-0.05, 0) is 24.1 Å². The molecule has 1 aromatic rings. The van der Waals surface area contributed by atoms with Crippen LogP contribution >= 0.6 is 0 Å². The molecule has 1 aromatic heterocycles. The molecule has 0 fully saturated rings. The van der Waals surface area contributed by atoms with E-state index < -0.39 is 5.97 Å². The summed E-state index contributed by atoms with van der Waals surface area (Å²) in [6.45, 7) is 0.997. The molecule has 0 atom stereocenters. The number of nitrogens with zero attached hydrogens (tertiary/aromatic N) is 1. The first-order valence-electron chi connectivity index (χ1n) is 4.47. The first kappa shape index (κ1) is 10.7. The molecular formula is C10H13NO3. The Morgan fingerprint density at radius 1 is 1.43 bits per heavy atom. The summed E-state index contributed by atoms with van der Waals surface area (Å²) in [6, 6.07) is 3.74. The molecular weight excluding hydrogens is 182 g/mol. The Hall–Kier alpha value is -1.42. The molecule has 4 nitrogen and oxygen atoms in total. The van der Waals surface area contributed by atoms with Gasteiger partial charge in [0.15, 0.2) is 0 Å². The smallest absolute Gasteiger partial charge is 0.303 e. The van der Waals surface area contributed by atoms with Crippen LogP contribution in [-0.4, -0.2) is 22.7 Å². The van der Waals surface area contributed by atoms with E-state index in [1.165, 1.54) is 0 Å². The predicted molar refractivity (Wildman–Crippen MR) is 50.8 cm³/mol. The molecule has 1 heterocycles. The van der Waals surface area contributed by atoms with Gasteiger partial charge in [0.25, 0.3) is 0 Å². The van der Waals surface area contributed by atoms with Crippen molar-refractivity contribution in [1.82, 2.24) is 4.98 Å². The van der Waals surface area contributed by atoms with E-state index in [2.05, 4.69) is 4.98 Å². The minimum absolute atomic E-state index is 0.163.